The molecule has 1 aliphatic rings. The number of halogens is 2. The van der Waals surface area contributed by atoms with Crippen LogP contribution >= 0.6 is 0 Å². The third kappa shape index (κ3) is 2.27. The maximum absolute atomic E-state index is 13.9. The smallest absolute Gasteiger partial charge is 0.149 e. The summed E-state index contributed by atoms with van der Waals surface area (Å²) >= 11 is 0. The fourth-order valence-corrected chi connectivity index (χ4v) is 2.62. The van der Waals surface area contributed by atoms with Crippen LogP contribution in [0.2, 0.25) is 0 Å². The summed E-state index contributed by atoms with van der Waals surface area (Å²) in [4.78, 5) is 1.82. The molecule has 1 saturated heterocycles. The summed E-state index contributed by atoms with van der Waals surface area (Å²) in [6, 6.07) is 2.83. The quantitative estimate of drug-likeness (QED) is 0.861. The van der Waals surface area contributed by atoms with E-state index in [1.807, 2.05) is 11.8 Å². The highest BCUT2D eigenvalue weighted by Gasteiger charge is 2.30. The Morgan fingerprint density at radius 2 is 1.88 bits per heavy atom. The maximum atomic E-state index is 13.9. The lowest BCUT2D eigenvalue weighted by molar-refractivity contribution is 0.564. The van der Waals surface area contributed by atoms with Crippen molar-refractivity contribution in [2.75, 3.05) is 11.4 Å². The van der Waals surface area contributed by atoms with E-state index in [0.717, 1.165) is 6.42 Å². The van der Waals surface area contributed by atoms with Crippen molar-refractivity contribution in [3.63, 3.8) is 0 Å². The first-order valence-corrected chi connectivity index (χ1v) is 5.97. The minimum absolute atomic E-state index is 0.0963. The van der Waals surface area contributed by atoms with E-state index in [0.29, 0.717) is 18.0 Å². The molecule has 0 saturated carbocycles. The van der Waals surface area contributed by atoms with Crippen molar-refractivity contribution in [1.29, 1.82) is 0 Å². The number of anilines is 1. The molecule has 0 bridgehead atoms. The Bertz CT molecular complexity index is 397. The normalized spacial score (nSPS) is 24.4. The van der Waals surface area contributed by atoms with Gasteiger partial charge in [-0.2, -0.15) is 0 Å². The Morgan fingerprint density at radius 1 is 1.29 bits per heavy atom. The Morgan fingerprint density at radius 3 is 2.29 bits per heavy atom. The molecule has 2 atom stereocenters. The lowest BCUT2D eigenvalue weighted by Crippen LogP contribution is -2.28. The van der Waals surface area contributed by atoms with Gasteiger partial charge in [-0.15, -0.1) is 0 Å². The van der Waals surface area contributed by atoms with Gasteiger partial charge in [0.15, 0.2) is 0 Å². The lowest BCUT2D eigenvalue weighted by atomic mass is 10.1. The van der Waals surface area contributed by atoms with Crippen LogP contribution in [0.25, 0.3) is 0 Å². The SMILES string of the molecule is CC1CC(C)N(c2c(F)cc(CN)cc2F)C1. The molecular formula is C13H18F2N2. The summed E-state index contributed by atoms with van der Waals surface area (Å²) in [7, 11) is 0. The zero-order valence-corrected chi connectivity index (χ0v) is 10.2. The third-order valence-corrected chi connectivity index (χ3v) is 3.38. The summed E-state index contributed by atoms with van der Waals surface area (Å²) in [6.07, 6.45) is 0.970. The van der Waals surface area contributed by atoms with Crippen LogP contribution in [0, 0.1) is 17.6 Å². The van der Waals surface area contributed by atoms with E-state index in [2.05, 4.69) is 6.92 Å². The van der Waals surface area contributed by atoms with E-state index in [4.69, 9.17) is 5.73 Å². The number of benzene rings is 1. The lowest BCUT2D eigenvalue weighted by Gasteiger charge is -2.25. The Labute approximate surface area is 100 Å². The Kier molecular flexibility index (Phi) is 3.33. The van der Waals surface area contributed by atoms with E-state index in [1.165, 1.54) is 12.1 Å². The molecular weight excluding hydrogens is 222 g/mol. The van der Waals surface area contributed by atoms with E-state index in [9.17, 15) is 8.78 Å². The number of hydrogen-bond donors (Lipinski definition) is 1. The molecule has 0 spiro atoms. The third-order valence-electron chi connectivity index (χ3n) is 3.38. The number of hydrogen-bond acceptors (Lipinski definition) is 2. The highest BCUT2D eigenvalue weighted by molar-refractivity contribution is 5.52. The summed E-state index contributed by atoms with van der Waals surface area (Å²) in [5.41, 5.74) is 5.98. The summed E-state index contributed by atoms with van der Waals surface area (Å²) in [6.45, 7) is 4.96. The second-order valence-electron chi connectivity index (χ2n) is 4.95. The minimum atomic E-state index is -0.508. The molecule has 0 aromatic heterocycles. The van der Waals surface area contributed by atoms with E-state index in [1.54, 1.807) is 0 Å². The topological polar surface area (TPSA) is 29.3 Å². The van der Waals surface area contributed by atoms with Crippen LogP contribution in [-0.2, 0) is 6.54 Å². The zero-order valence-electron chi connectivity index (χ0n) is 10.2. The maximum Gasteiger partial charge on any atom is 0.149 e. The van der Waals surface area contributed by atoms with Gasteiger partial charge in [-0.3, -0.25) is 0 Å². The molecule has 4 heteroatoms. The van der Waals surface area contributed by atoms with Crippen LogP contribution in [-0.4, -0.2) is 12.6 Å². The van der Waals surface area contributed by atoms with Gasteiger partial charge >= 0.3 is 0 Å². The van der Waals surface area contributed by atoms with Gasteiger partial charge in [-0.05, 0) is 37.0 Å². The molecule has 1 aromatic carbocycles. The van der Waals surface area contributed by atoms with Crippen LogP contribution in [0.5, 0.6) is 0 Å². The van der Waals surface area contributed by atoms with Gasteiger partial charge < -0.3 is 10.6 Å². The first-order chi connectivity index (χ1) is 8.02. The molecule has 94 valence electrons. The first-order valence-electron chi connectivity index (χ1n) is 5.97. The average Bonchev–Trinajstić information content (AvgIpc) is 2.57. The molecule has 0 radical (unpaired) electrons. The standard InChI is InChI=1S/C13H18F2N2/c1-8-3-9(2)17(7-8)13-11(14)4-10(6-16)5-12(13)15/h4-5,8-9H,3,6-7,16H2,1-2H3. The van der Waals surface area contributed by atoms with Gasteiger partial charge in [-0.1, -0.05) is 6.92 Å². The van der Waals surface area contributed by atoms with Crippen LogP contribution in [0.3, 0.4) is 0 Å². The van der Waals surface area contributed by atoms with E-state index in [-0.39, 0.29) is 18.3 Å². The first kappa shape index (κ1) is 12.3. The monoisotopic (exact) mass is 240 g/mol. The second kappa shape index (κ2) is 4.61. The molecule has 0 aliphatic carbocycles. The molecule has 2 unspecified atom stereocenters. The van der Waals surface area contributed by atoms with Gasteiger partial charge in [0.25, 0.3) is 0 Å². The number of rotatable bonds is 2. The van der Waals surface area contributed by atoms with Crippen molar-refractivity contribution in [3.05, 3.63) is 29.3 Å². The van der Waals surface area contributed by atoms with Gasteiger partial charge in [0.2, 0.25) is 0 Å². The van der Waals surface area contributed by atoms with Crippen molar-refractivity contribution in [1.82, 2.24) is 0 Å². The molecule has 1 heterocycles. The van der Waals surface area contributed by atoms with Crippen molar-refractivity contribution in [2.45, 2.75) is 32.9 Å². The zero-order chi connectivity index (χ0) is 12.6. The average molecular weight is 240 g/mol. The van der Waals surface area contributed by atoms with Gasteiger partial charge in [0.1, 0.15) is 17.3 Å². The van der Waals surface area contributed by atoms with E-state index < -0.39 is 11.6 Å². The van der Waals surface area contributed by atoms with Crippen molar-refractivity contribution in [3.8, 4) is 0 Å². The van der Waals surface area contributed by atoms with Crippen LogP contribution in [0.4, 0.5) is 14.5 Å². The van der Waals surface area contributed by atoms with Crippen LogP contribution < -0.4 is 10.6 Å². The van der Waals surface area contributed by atoms with Crippen LogP contribution in [0.1, 0.15) is 25.8 Å². The molecule has 2 nitrogen and oxygen atoms in total. The minimum Gasteiger partial charge on any atom is -0.364 e. The Hall–Kier alpha value is -1.16. The molecule has 1 aromatic rings. The van der Waals surface area contributed by atoms with Crippen molar-refractivity contribution >= 4 is 5.69 Å². The molecule has 2 rings (SSSR count). The molecule has 1 aliphatic heterocycles. The largest absolute Gasteiger partial charge is 0.364 e. The predicted molar refractivity (Wildman–Crippen MR) is 64.8 cm³/mol. The Balaban J connectivity index is 2.39. The fourth-order valence-electron chi connectivity index (χ4n) is 2.62. The number of nitrogens with zero attached hydrogens (tertiary/aromatic N) is 1. The van der Waals surface area contributed by atoms with Crippen LogP contribution in [0.15, 0.2) is 12.1 Å². The molecule has 2 N–H and O–H groups in total. The summed E-state index contributed by atoms with van der Waals surface area (Å²) in [5, 5.41) is 0. The number of nitrogens with two attached hydrogens (primary N) is 1. The summed E-state index contributed by atoms with van der Waals surface area (Å²) < 4.78 is 27.8. The van der Waals surface area contributed by atoms with Crippen molar-refractivity contribution < 1.29 is 8.78 Å². The van der Waals surface area contributed by atoms with Gasteiger partial charge in [0.05, 0.1) is 0 Å². The summed E-state index contributed by atoms with van der Waals surface area (Å²) in [5.74, 6) is -0.546. The van der Waals surface area contributed by atoms with Gasteiger partial charge in [0, 0.05) is 19.1 Å². The molecule has 1 fully saturated rings. The fraction of sp³-hybridized carbons (Fsp3) is 0.538. The second-order valence-corrected chi connectivity index (χ2v) is 4.95. The highest BCUT2D eigenvalue weighted by atomic mass is 19.1. The van der Waals surface area contributed by atoms with Gasteiger partial charge in [-0.25, -0.2) is 8.78 Å². The molecule has 17 heavy (non-hydrogen) atoms. The van der Waals surface area contributed by atoms with Crippen molar-refractivity contribution in [2.24, 2.45) is 11.7 Å². The highest BCUT2D eigenvalue weighted by Crippen LogP contribution is 2.33. The molecule has 0 amide bonds. The van der Waals surface area contributed by atoms with E-state index >= 15 is 0 Å². The predicted octanol–water partition coefficient (Wildman–Crippen LogP) is 2.66.